The van der Waals surface area contributed by atoms with Gasteiger partial charge in [0.1, 0.15) is 5.60 Å². The van der Waals surface area contributed by atoms with Crippen LogP contribution in [-0.4, -0.2) is 17.3 Å². The van der Waals surface area contributed by atoms with Crippen molar-refractivity contribution in [3.8, 4) is 0 Å². The summed E-state index contributed by atoms with van der Waals surface area (Å²) in [6, 6.07) is 9.71. The zero-order chi connectivity index (χ0) is 14.8. The number of methoxy groups -OCH3 is 1. The van der Waals surface area contributed by atoms with Crippen molar-refractivity contribution in [1.82, 2.24) is 10.1 Å². The third-order valence-electron chi connectivity index (χ3n) is 3.60. The SMILES string of the molecule is COC(C)(C)c1noc(C(C)C(N)c2ccccc2)n1. The Morgan fingerprint density at radius 1 is 1.25 bits per heavy atom. The largest absolute Gasteiger partial charge is 0.371 e. The zero-order valence-corrected chi connectivity index (χ0v) is 12.3. The van der Waals surface area contributed by atoms with Crippen LogP contribution >= 0.6 is 0 Å². The van der Waals surface area contributed by atoms with Crippen LogP contribution in [0.2, 0.25) is 0 Å². The number of nitrogens with zero attached hydrogens (tertiary/aromatic N) is 2. The summed E-state index contributed by atoms with van der Waals surface area (Å²) in [6.07, 6.45) is 0. The second kappa shape index (κ2) is 5.73. The molecule has 5 heteroatoms. The fourth-order valence-electron chi connectivity index (χ4n) is 1.87. The van der Waals surface area contributed by atoms with Crippen LogP contribution in [0, 0.1) is 0 Å². The van der Waals surface area contributed by atoms with Gasteiger partial charge < -0.3 is 15.0 Å². The Labute approximate surface area is 119 Å². The van der Waals surface area contributed by atoms with E-state index in [1.165, 1.54) is 0 Å². The van der Waals surface area contributed by atoms with Gasteiger partial charge in [-0.05, 0) is 19.4 Å². The fourth-order valence-corrected chi connectivity index (χ4v) is 1.87. The van der Waals surface area contributed by atoms with Crippen molar-refractivity contribution in [3.05, 3.63) is 47.6 Å². The minimum Gasteiger partial charge on any atom is -0.371 e. The maximum absolute atomic E-state index is 6.26. The maximum Gasteiger partial charge on any atom is 0.231 e. The molecule has 0 saturated carbocycles. The van der Waals surface area contributed by atoms with E-state index in [1.54, 1.807) is 7.11 Å². The minimum atomic E-state index is -0.571. The normalized spacial score (nSPS) is 15.1. The van der Waals surface area contributed by atoms with E-state index in [9.17, 15) is 0 Å². The highest BCUT2D eigenvalue weighted by atomic mass is 16.5. The predicted octanol–water partition coefficient (Wildman–Crippen LogP) is 2.75. The zero-order valence-electron chi connectivity index (χ0n) is 12.3. The van der Waals surface area contributed by atoms with E-state index in [2.05, 4.69) is 10.1 Å². The second-order valence-corrected chi connectivity index (χ2v) is 5.40. The Hall–Kier alpha value is -1.72. The Kier molecular flexibility index (Phi) is 4.20. The van der Waals surface area contributed by atoms with Crippen molar-refractivity contribution < 1.29 is 9.26 Å². The first kappa shape index (κ1) is 14.7. The smallest absolute Gasteiger partial charge is 0.231 e. The molecule has 5 nitrogen and oxygen atoms in total. The van der Waals surface area contributed by atoms with Gasteiger partial charge in [-0.2, -0.15) is 4.98 Å². The fraction of sp³-hybridized carbons (Fsp3) is 0.467. The summed E-state index contributed by atoms with van der Waals surface area (Å²) in [4.78, 5) is 4.42. The quantitative estimate of drug-likeness (QED) is 0.908. The summed E-state index contributed by atoms with van der Waals surface area (Å²) in [6.45, 7) is 5.77. The van der Waals surface area contributed by atoms with E-state index in [0.717, 1.165) is 5.56 Å². The monoisotopic (exact) mass is 275 g/mol. The molecule has 0 aliphatic heterocycles. The van der Waals surface area contributed by atoms with Crippen molar-refractivity contribution in [3.63, 3.8) is 0 Å². The number of ether oxygens (including phenoxy) is 1. The van der Waals surface area contributed by atoms with Crippen LogP contribution in [0.3, 0.4) is 0 Å². The molecule has 0 bridgehead atoms. The van der Waals surface area contributed by atoms with Crippen LogP contribution in [0.25, 0.3) is 0 Å². The van der Waals surface area contributed by atoms with Crippen LogP contribution in [0.5, 0.6) is 0 Å². The molecule has 0 saturated heterocycles. The van der Waals surface area contributed by atoms with Crippen LogP contribution in [0.4, 0.5) is 0 Å². The molecule has 0 fully saturated rings. The van der Waals surface area contributed by atoms with E-state index in [-0.39, 0.29) is 12.0 Å². The van der Waals surface area contributed by atoms with Gasteiger partial charge in [-0.25, -0.2) is 0 Å². The first-order chi connectivity index (χ1) is 9.45. The summed E-state index contributed by atoms with van der Waals surface area (Å²) < 4.78 is 10.7. The standard InChI is InChI=1S/C15H21N3O2/c1-10(12(16)11-8-6-5-7-9-11)13-17-14(18-20-13)15(2,3)19-4/h5-10,12H,16H2,1-4H3. The van der Waals surface area contributed by atoms with Gasteiger partial charge in [0.15, 0.2) is 0 Å². The molecule has 1 aromatic heterocycles. The van der Waals surface area contributed by atoms with E-state index < -0.39 is 5.60 Å². The van der Waals surface area contributed by atoms with Crippen LogP contribution in [0.15, 0.2) is 34.9 Å². The highest BCUT2D eigenvalue weighted by molar-refractivity contribution is 5.21. The molecule has 0 radical (unpaired) electrons. The van der Waals surface area contributed by atoms with Gasteiger partial charge in [0.25, 0.3) is 0 Å². The Morgan fingerprint density at radius 3 is 2.50 bits per heavy atom. The van der Waals surface area contributed by atoms with Gasteiger partial charge in [0.2, 0.25) is 11.7 Å². The minimum absolute atomic E-state index is 0.0636. The molecule has 0 amide bonds. The molecule has 0 aliphatic carbocycles. The third-order valence-corrected chi connectivity index (χ3v) is 3.60. The molecule has 0 aliphatic rings. The third kappa shape index (κ3) is 2.89. The molecule has 20 heavy (non-hydrogen) atoms. The second-order valence-electron chi connectivity index (χ2n) is 5.40. The van der Waals surface area contributed by atoms with Gasteiger partial charge in [-0.1, -0.05) is 42.4 Å². The average Bonchev–Trinajstić information content (AvgIpc) is 2.97. The van der Waals surface area contributed by atoms with Crippen molar-refractivity contribution >= 4 is 0 Å². The number of aromatic nitrogens is 2. The number of nitrogens with two attached hydrogens (primary N) is 1. The topological polar surface area (TPSA) is 74.2 Å². The van der Waals surface area contributed by atoms with Gasteiger partial charge in [-0.15, -0.1) is 0 Å². The molecule has 1 aromatic carbocycles. The first-order valence-corrected chi connectivity index (χ1v) is 6.65. The lowest BCUT2D eigenvalue weighted by Gasteiger charge is -2.18. The van der Waals surface area contributed by atoms with E-state index in [0.29, 0.717) is 11.7 Å². The highest BCUT2D eigenvalue weighted by Crippen LogP contribution is 2.29. The average molecular weight is 275 g/mol. The molecular formula is C15H21N3O2. The van der Waals surface area contributed by atoms with E-state index >= 15 is 0 Å². The molecule has 2 N–H and O–H groups in total. The number of rotatable bonds is 5. The van der Waals surface area contributed by atoms with Crippen LogP contribution in [0.1, 0.15) is 50.0 Å². The van der Waals surface area contributed by atoms with Crippen molar-refractivity contribution in [2.24, 2.45) is 5.73 Å². The highest BCUT2D eigenvalue weighted by Gasteiger charge is 2.29. The molecular weight excluding hydrogens is 254 g/mol. The van der Waals surface area contributed by atoms with Gasteiger partial charge >= 0.3 is 0 Å². The molecule has 2 atom stereocenters. The molecule has 2 unspecified atom stereocenters. The lowest BCUT2D eigenvalue weighted by atomic mass is 9.95. The van der Waals surface area contributed by atoms with E-state index in [4.69, 9.17) is 15.0 Å². The molecule has 0 spiro atoms. The van der Waals surface area contributed by atoms with Gasteiger partial charge in [0, 0.05) is 13.2 Å². The van der Waals surface area contributed by atoms with Gasteiger partial charge in [0.05, 0.1) is 5.92 Å². The number of hydrogen-bond donors (Lipinski definition) is 1. The van der Waals surface area contributed by atoms with E-state index in [1.807, 2.05) is 51.1 Å². The predicted molar refractivity (Wildman–Crippen MR) is 76.1 cm³/mol. The molecule has 2 aromatic rings. The van der Waals surface area contributed by atoms with Crippen molar-refractivity contribution in [2.45, 2.75) is 38.3 Å². The van der Waals surface area contributed by atoms with Crippen molar-refractivity contribution in [2.75, 3.05) is 7.11 Å². The van der Waals surface area contributed by atoms with Crippen LogP contribution < -0.4 is 5.73 Å². The lowest BCUT2D eigenvalue weighted by molar-refractivity contribution is 0.00973. The van der Waals surface area contributed by atoms with Crippen LogP contribution in [-0.2, 0) is 10.3 Å². The summed E-state index contributed by atoms with van der Waals surface area (Å²) in [5.74, 6) is 0.995. The summed E-state index contributed by atoms with van der Waals surface area (Å²) >= 11 is 0. The van der Waals surface area contributed by atoms with Crippen molar-refractivity contribution in [1.29, 1.82) is 0 Å². The molecule has 1 heterocycles. The number of hydrogen-bond acceptors (Lipinski definition) is 5. The Bertz CT molecular complexity index is 551. The Morgan fingerprint density at radius 2 is 1.90 bits per heavy atom. The number of benzene rings is 1. The molecule has 108 valence electrons. The van der Waals surface area contributed by atoms with Gasteiger partial charge in [-0.3, -0.25) is 0 Å². The maximum atomic E-state index is 6.26. The lowest BCUT2D eigenvalue weighted by Crippen LogP contribution is -2.22. The summed E-state index contributed by atoms with van der Waals surface area (Å²) in [5, 5.41) is 3.99. The first-order valence-electron chi connectivity index (χ1n) is 6.65. The summed E-state index contributed by atoms with van der Waals surface area (Å²) in [7, 11) is 1.62. The summed E-state index contributed by atoms with van der Waals surface area (Å²) in [5.41, 5.74) is 6.74. The molecule has 2 rings (SSSR count). The Balaban J connectivity index is 2.20.